The van der Waals surface area contributed by atoms with Crippen LogP contribution in [0.4, 0.5) is 0 Å². The van der Waals surface area contributed by atoms with Gasteiger partial charge >= 0.3 is 0 Å². The average Bonchev–Trinajstić information content (AvgIpc) is 2.71. The molecule has 0 saturated carbocycles. The van der Waals surface area contributed by atoms with Crippen LogP contribution in [-0.2, 0) is 6.61 Å². The van der Waals surface area contributed by atoms with Crippen molar-refractivity contribution in [1.29, 1.82) is 0 Å². The number of benzene rings is 1. The van der Waals surface area contributed by atoms with Gasteiger partial charge in [0.2, 0.25) is 0 Å². The van der Waals surface area contributed by atoms with E-state index < -0.39 is 0 Å². The molecule has 0 aliphatic carbocycles. The maximum Gasteiger partial charge on any atom is 0.134 e. The number of hydrogen-bond acceptors (Lipinski definition) is 2. The number of aliphatic hydroxyl groups excluding tert-OH is 1. The second-order valence-corrected chi connectivity index (χ2v) is 3.28. The van der Waals surface area contributed by atoms with E-state index in [1.807, 2.05) is 37.3 Å². The van der Waals surface area contributed by atoms with E-state index in [1.165, 1.54) is 0 Å². The molecule has 0 fully saturated rings. The third-order valence-corrected chi connectivity index (χ3v) is 2.27. The monoisotopic (exact) mass is 188 g/mol. The Morgan fingerprint density at radius 1 is 1.29 bits per heavy atom. The highest BCUT2D eigenvalue weighted by Gasteiger charge is 2.04. The smallest absolute Gasteiger partial charge is 0.134 e. The van der Waals surface area contributed by atoms with Crippen LogP contribution in [0.2, 0.25) is 0 Å². The van der Waals surface area contributed by atoms with Crippen molar-refractivity contribution < 1.29 is 9.52 Å². The minimum atomic E-state index is 0.0635. The molecular formula is C12H12O2. The normalized spacial score (nSPS) is 10.4. The van der Waals surface area contributed by atoms with Crippen LogP contribution in [0.3, 0.4) is 0 Å². The summed E-state index contributed by atoms with van der Waals surface area (Å²) in [4.78, 5) is 0. The molecule has 0 aliphatic heterocycles. The van der Waals surface area contributed by atoms with E-state index >= 15 is 0 Å². The van der Waals surface area contributed by atoms with Gasteiger partial charge in [-0.1, -0.05) is 12.1 Å². The summed E-state index contributed by atoms with van der Waals surface area (Å²) in [5.74, 6) is 0.845. The van der Waals surface area contributed by atoms with E-state index in [9.17, 15) is 0 Å². The van der Waals surface area contributed by atoms with Gasteiger partial charge in [-0.2, -0.15) is 0 Å². The molecule has 0 amide bonds. The quantitative estimate of drug-likeness (QED) is 0.786. The molecule has 2 nitrogen and oxygen atoms in total. The zero-order chi connectivity index (χ0) is 9.97. The molecule has 1 aromatic carbocycles. The predicted molar refractivity (Wildman–Crippen MR) is 54.8 cm³/mol. The molecule has 0 spiro atoms. The van der Waals surface area contributed by atoms with E-state index in [4.69, 9.17) is 9.52 Å². The van der Waals surface area contributed by atoms with Crippen LogP contribution in [0.15, 0.2) is 41.0 Å². The van der Waals surface area contributed by atoms with E-state index in [0.717, 1.165) is 22.5 Å². The maximum absolute atomic E-state index is 9.02. The van der Waals surface area contributed by atoms with Gasteiger partial charge in [0.1, 0.15) is 5.76 Å². The fraction of sp³-hybridized carbons (Fsp3) is 0.167. The highest BCUT2D eigenvalue weighted by Crippen LogP contribution is 2.24. The van der Waals surface area contributed by atoms with E-state index in [2.05, 4.69) is 0 Å². The Labute approximate surface area is 82.8 Å². The van der Waals surface area contributed by atoms with E-state index in [0.29, 0.717) is 0 Å². The minimum Gasteiger partial charge on any atom is -0.464 e. The van der Waals surface area contributed by atoms with Crippen molar-refractivity contribution in [2.75, 3.05) is 0 Å². The maximum atomic E-state index is 9.02. The Bertz CT molecular complexity index is 416. The standard InChI is InChI=1S/C12H12O2/c1-9-4-5-10(8-13)7-11(9)12-3-2-6-14-12/h2-7,13H,8H2,1H3. The molecule has 2 aromatic rings. The number of aryl methyl sites for hydroxylation is 1. The number of hydrogen-bond donors (Lipinski definition) is 1. The van der Waals surface area contributed by atoms with Crippen molar-refractivity contribution in [2.45, 2.75) is 13.5 Å². The molecule has 0 unspecified atom stereocenters. The van der Waals surface area contributed by atoms with Gasteiger partial charge in [-0.25, -0.2) is 0 Å². The van der Waals surface area contributed by atoms with Crippen LogP contribution < -0.4 is 0 Å². The molecule has 1 aromatic heterocycles. The van der Waals surface area contributed by atoms with Crippen LogP contribution in [0.5, 0.6) is 0 Å². The molecular weight excluding hydrogens is 176 g/mol. The predicted octanol–water partition coefficient (Wildman–Crippen LogP) is 2.75. The first kappa shape index (κ1) is 9.03. The fourth-order valence-electron chi connectivity index (χ4n) is 1.46. The van der Waals surface area contributed by atoms with Crippen molar-refractivity contribution in [3.05, 3.63) is 47.7 Å². The average molecular weight is 188 g/mol. The summed E-state index contributed by atoms with van der Waals surface area (Å²) in [7, 11) is 0. The lowest BCUT2D eigenvalue weighted by Gasteiger charge is -2.04. The van der Waals surface area contributed by atoms with Crippen LogP contribution >= 0.6 is 0 Å². The van der Waals surface area contributed by atoms with Crippen LogP contribution in [0, 0.1) is 6.92 Å². The Morgan fingerprint density at radius 3 is 2.79 bits per heavy atom. The van der Waals surface area contributed by atoms with Gasteiger partial charge in [-0.15, -0.1) is 0 Å². The third-order valence-electron chi connectivity index (χ3n) is 2.27. The minimum absolute atomic E-state index is 0.0635. The van der Waals surface area contributed by atoms with Crippen molar-refractivity contribution in [3.8, 4) is 11.3 Å². The topological polar surface area (TPSA) is 33.4 Å². The largest absolute Gasteiger partial charge is 0.464 e. The molecule has 2 rings (SSSR count). The SMILES string of the molecule is Cc1ccc(CO)cc1-c1ccco1. The first-order chi connectivity index (χ1) is 6.81. The van der Waals surface area contributed by atoms with Crippen molar-refractivity contribution in [1.82, 2.24) is 0 Å². The van der Waals surface area contributed by atoms with Crippen molar-refractivity contribution in [2.24, 2.45) is 0 Å². The molecule has 0 saturated heterocycles. The molecule has 0 aliphatic rings. The van der Waals surface area contributed by atoms with Gasteiger partial charge in [0.05, 0.1) is 12.9 Å². The Balaban J connectivity index is 2.51. The number of rotatable bonds is 2. The lowest BCUT2D eigenvalue weighted by atomic mass is 10.0. The lowest BCUT2D eigenvalue weighted by molar-refractivity contribution is 0.282. The van der Waals surface area contributed by atoms with E-state index in [-0.39, 0.29) is 6.61 Å². The summed E-state index contributed by atoms with van der Waals surface area (Å²) in [5, 5.41) is 9.02. The highest BCUT2D eigenvalue weighted by atomic mass is 16.3. The van der Waals surface area contributed by atoms with Crippen molar-refractivity contribution in [3.63, 3.8) is 0 Å². The summed E-state index contributed by atoms with van der Waals surface area (Å²) >= 11 is 0. The molecule has 0 atom stereocenters. The third kappa shape index (κ3) is 1.56. The lowest BCUT2D eigenvalue weighted by Crippen LogP contribution is -1.87. The Hall–Kier alpha value is -1.54. The highest BCUT2D eigenvalue weighted by molar-refractivity contribution is 5.62. The van der Waals surface area contributed by atoms with Gasteiger partial charge in [0.25, 0.3) is 0 Å². The van der Waals surface area contributed by atoms with Crippen molar-refractivity contribution >= 4 is 0 Å². The molecule has 0 radical (unpaired) electrons. The van der Waals surface area contributed by atoms with Crippen LogP contribution in [-0.4, -0.2) is 5.11 Å². The number of furan rings is 1. The van der Waals surface area contributed by atoms with Crippen LogP contribution in [0.25, 0.3) is 11.3 Å². The molecule has 14 heavy (non-hydrogen) atoms. The summed E-state index contributed by atoms with van der Waals surface area (Å²) < 4.78 is 5.32. The summed E-state index contributed by atoms with van der Waals surface area (Å²) in [5.41, 5.74) is 3.10. The second-order valence-electron chi connectivity index (χ2n) is 3.28. The molecule has 2 heteroatoms. The van der Waals surface area contributed by atoms with Gasteiger partial charge in [0.15, 0.2) is 0 Å². The zero-order valence-electron chi connectivity index (χ0n) is 8.03. The zero-order valence-corrected chi connectivity index (χ0v) is 8.03. The second kappa shape index (κ2) is 3.68. The van der Waals surface area contributed by atoms with E-state index in [1.54, 1.807) is 6.26 Å². The fourth-order valence-corrected chi connectivity index (χ4v) is 1.46. The Morgan fingerprint density at radius 2 is 2.14 bits per heavy atom. The van der Waals surface area contributed by atoms with Gasteiger partial charge in [0, 0.05) is 5.56 Å². The van der Waals surface area contributed by atoms with Crippen LogP contribution in [0.1, 0.15) is 11.1 Å². The van der Waals surface area contributed by atoms with Gasteiger partial charge in [-0.05, 0) is 36.2 Å². The molecule has 0 bridgehead atoms. The van der Waals surface area contributed by atoms with Gasteiger partial charge in [-0.3, -0.25) is 0 Å². The molecule has 1 N–H and O–H groups in total. The Kier molecular flexibility index (Phi) is 2.37. The molecule has 1 heterocycles. The number of aliphatic hydroxyl groups is 1. The summed E-state index contributed by atoms with van der Waals surface area (Å²) in [6, 6.07) is 9.64. The summed E-state index contributed by atoms with van der Waals surface area (Å²) in [6.07, 6.45) is 1.65. The molecule has 72 valence electrons. The van der Waals surface area contributed by atoms with Gasteiger partial charge < -0.3 is 9.52 Å². The first-order valence-corrected chi connectivity index (χ1v) is 4.55. The summed E-state index contributed by atoms with van der Waals surface area (Å²) in [6.45, 7) is 2.09. The first-order valence-electron chi connectivity index (χ1n) is 4.55.